The number of rotatable bonds is 2. The average molecular weight is 223 g/mol. The SMILES string of the molecule is COC(=O)C/C=C1\CC(=O)N2CCCC[C@@H]12. The zero-order chi connectivity index (χ0) is 11.5. The van der Waals surface area contributed by atoms with Crippen LogP contribution in [0.15, 0.2) is 11.6 Å². The Hall–Kier alpha value is -1.32. The van der Waals surface area contributed by atoms with Crippen molar-refractivity contribution in [2.45, 2.75) is 38.1 Å². The number of esters is 1. The molecule has 1 atom stereocenters. The summed E-state index contributed by atoms with van der Waals surface area (Å²) in [6, 6.07) is 0.255. The van der Waals surface area contributed by atoms with E-state index in [4.69, 9.17) is 0 Å². The van der Waals surface area contributed by atoms with E-state index in [1.807, 2.05) is 11.0 Å². The second-order valence-corrected chi connectivity index (χ2v) is 4.33. The highest BCUT2D eigenvalue weighted by Crippen LogP contribution is 2.32. The van der Waals surface area contributed by atoms with Crippen molar-refractivity contribution in [1.29, 1.82) is 0 Å². The van der Waals surface area contributed by atoms with Crippen LogP contribution in [0, 0.1) is 0 Å². The van der Waals surface area contributed by atoms with Crippen LogP contribution in [0.1, 0.15) is 32.1 Å². The molecule has 0 spiro atoms. The molecular formula is C12H17NO3. The van der Waals surface area contributed by atoms with E-state index in [1.165, 1.54) is 13.5 Å². The molecule has 0 aromatic rings. The number of hydrogen-bond donors (Lipinski definition) is 0. The number of carbonyl (C=O) groups excluding carboxylic acids is 2. The lowest BCUT2D eigenvalue weighted by Crippen LogP contribution is -2.37. The molecule has 2 heterocycles. The summed E-state index contributed by atoms with van der Waals surface area (Å²) in [5, 5.41) is 0. The number of methoxy groups -OCH3 is 1. The standard InChI is InChI=1S/C12H17NO3/c1-16-12(15)6-5-9-8-11(14)13-7-3-2-4-10(9)13/h5,10H,2-4,6-8H2,1H3/b9-5+/t10-/m0/s1. The van der Waals surface area contributed by atoms with Crippen molar-refractivity contribution in [2.24, 2.45) is 0 Å². The number of piperidine rings is 1. The lowest BCUT2D eigenvalue weighted by Gasteiger charge is -2.30. The van der Waals surface area contributed by atoms with Gasteiger partial charge in [-0.15, -0.1) is 0 Å². The van der Waals surface area contributed by atoms with Gasteiger partial charge in [0.2, 0.25) is 5.91 Å². The third-order valence-electron chi connectivity index (χ3n) is 3.37. The van der Waals surface area contributed by atoms with Crippen LogP contribution in [0.5, 0.6) is 0 Å². The second-order valence-electron chi connectivity index (χ2n) is 4.33. The Morgan fingerprint density at radius 3 is 3.12 bits per heavy atom. The summed E-state index contributed by atoms with van der Waals surface area (Å²) < 4.78 is 4.59. The van der Waals surface area contributed by atoms with Crippen molar-refractivity contribution in [1.82, 2.24) is 4.90 Å². The molecule has 0 bridgehead atoms. The Labute approximate surface area is 95.2 Å². The highest BCUT2D eigenvalue weighted by molar-refractivity contribution is 5.84. The fraction of sp³-hybridized carbons (Fsp3) is 0.667. The van der Waals surface area contributed by atoms with E-state index in [0.29, 0.717) is 6.42 Å². The summed E-state index contributed by atoms with van der Waals surface area (Å²) in [5.74, 6) is -0.0324. The minimum absolute atomic E-state index is 0.209. The topological polar surface area (TPSA) is 46.6 Å². The number of ether oxygens (including phenoxy) is 1. The van der Waals surface area contributed by atoms with Gasteiger partial charge in [-0.25, -0.2) is 0 Å². The summed E-state index contributed by atoms with van der Waals surface area (Å²) in [6.07, 6.45) is 5.96. The molecule has 4 nitrogen and oxygen atoms in total. The van der Waals surface area contributed by atoms with Gasteiger partial charge >= 0.3 is 5.97 Å². The lowest BCUT2D eigenvalue weighted by molar-refractivity contribution is -0.139. The van der Waals surface area contributed by atoms with Gasteiger partial charge in [-0.3, -0.25) is 9.59 Å². The van der Waals surface area contributed by atoms with Gasteiger partial charge in [0.1, 0.15) is 0 Å². The van der Waals surface area contributed by atoms with Crippen molar-refractivity contribution in [3.8, 4) is 0 Å². The van der Waals surface area contributed by atoms with Crippen molar-refractivity contribution in [3.05, 3.63) is 11.6 Å². The van der Waals surface area contributed by atoms with Crippen LogP contribution in [0.4, 0.5) is 0 Å². The molecule has 0 aromatic heterocycles. The van der Waals surface area contributed by atoms with Gasteiger partial charge in [0.15, 0.2) is 0 Å². The van der Waals surface area contributed by atoms with Gasteiger partial charge in [-0.1, -0.05) is 6.08 Å². The molecule has 2 rings (SSSR count). The normalized spacial score (nSPS) is 27.1. The predicted octanol–water partition coefficient (Wildman–Crippen LogP) is 1.26. The number of fused-ring (bicyclic) bond motifs is 1. The quantitative estimate of drug-likeness (QED) is 0.523. The second kappa shape index (κ2) is 4.68. The molecule has 2 fully saturated rings. The summed E-state index contributed by atoms with van der Waals surface area (Å²) in [5.41, 5.74) is 1.11. The summed E-state index contributed by atoms with van der Waals surface area (Å²) in [6.45, 7) is 0.874. The molecule has 0 N–H and O–H groups in total. The maximum absolute atomic E-state index is 11.7. The van der Waals surface area contributed by atoms with Crippen LogP contribution in [0.2, 0.25) is 0 Å². The van der Waals surface area contributed by atoms with Gasteiger partial charge in [0.05, 0.1) is 19.6 Å². The van der Waals surface area contributed by atoms with Gasteiger partial charge < -0.3 is 9.64 Å². The van der Waals surface area contributed by atoms with E-state index >= 15 is 0 Å². The van der Waals surface area contributed by atoms with Crippen molar-refractivity contribution in [2.75, 3.05) is 13.7 Å². The summed E-state index contributed by atoms with van der Waals surface area (Å²) in [4.78, 5) is 24.7. The smallest absolute Gasteiger partial charge is 0.309 e. The van der Waals surface area contributed by atoms with Gasteiger partial charge in [-0.2, -0.15) is 0 Å². The highest BCUT2D eigenvalue weighted by atomic mass is 16.5. The first-order valence-corrected chi connectivity index (χ1v) is 5.77. The minimum atomic E-state index is -0.241. The van der Waals surface area contributed by atoms with E-state index in [2.05, 4.69) is 4.74 Å². The maximum atomic E-state index is 11.7. The Morgan fingerprint density at radius 1 is 1.56 bits per heavy atom. The van der Waals surface area contributed by atoms with E-state index < -0.39 is 0 Å². The molecule has 88 valence electrons. The fourth-order valence-corrected chi connectivity index (χ4v) is 2.52. The first kappa shape index (κ1) is 11.2. The molecule has 0 radical (unpaired) electrons. The molecule has 0 aliphatic carbocycles. The molecule has 2 aliphatic rings. The zero-order valence-corrected chi connectivity index (χ0v) is 9.57. The van der Waals surface area contributed by atoms with E-state index in [-0.39, 0.29) is 24.3 Å². The summed E-state index contributed by atoms with van der Waals surface area (Å²) in [7, 11) is 1.38. The largest absolute Gasteiger partial charge is 0.469 e. The Bertz CT molecular complexity index is 335. The zero-order valence-electron chi connectivity index (χ0n) is 9.57. The Morgan fingerprint density at radius 2 is 2.38 bits per heavy atom. The average Bonchev–Trinajstić information content (AvgIpc) is 2.64. The monoisotopic (exact) mass is 223 g/mol. The predicted molar refractivity (Wildman–Crippen MR) is 58.7 cm³/mol. The number of amides is 1. The summed E-state index contributed by atoms with van der Waals surface area (Å²) >= 11 is 0. The molecule has 1 amide bonds. The maximum Gasteiger partial charge on any atom is 0.309 e. The Kier molecular flexibility index (Phi) is 3.27. The minimum Gasteiger partial charge on any atom is -0.469 e. The van der Waals surface area contributed by atoms with E-state index in [0.717, 1.165) is 25.0 Å². The van der Waals surface area contributed by atoms with Crippen LogP contribution in [0.25, 0.3) is 0 Å². The molecule has 2 aliphatic heterocycles. The Balaban J connectivity index is 2.05. The van der Waals surface area contributed by atoms with Crippen LogP contribution in [0.3, 0.4) is 0 Å². The van der Waals surface area contributed by atoms with Gasteiger partial charge in [0, 0.05) is 13.0 Å². The number of hydrogen-bond acceptors (Lipinski definition) is 3. The van der Waals surface area contributed by atoms with Crippen LogP contribution in [-0.4, -0.2) is 36.5 Å². The molecule has 2 saturated heterocycles. The van der Waals surface area contributed by atoms with Crippen molar-refractivity contribution >= 4 is 11.9 Å². The van der Waals surface area contributed by atoms with Crippen LogP contribution >= 0.6 is 0 Å². The third-order valence-corrected chi connectivity index (χ3v) is 3.37. The van der Waals surface area contributed by atoms with Crippen molar-refractivity contribution in [3.63, 3.8) is 0 Å². The van der Waals surface area contributed by atoms with E-state index in [9.17, 15) is 9.59 Å². The lowest BCUT2D eigenvalue weighted by atomic mass is 9.98. The van der Waals surface area contributed by atoms with Crippen molar-refractivity contribution < 1.29 is 14.3 Å². The van der Waals surface area contributed by atoms with Crippen LogP contribution < -0.4 is 0 Å². The molecule has 4 heteroatoms. The first-order chi connectivity index (χ1) is 7.72. The van der Waals surface area contributed by atoms with Gasteiger partial charge in [-0.05, 0) is 24.8 Å². The molecular weight excluding hydrogens is 206 g/mol. The molecule has 0 unspecified atom stereocenters. The fourth-order valence-electron chi connectivity index (χ4n) is 2.52. The number of carbonyl (C=O) groups is 2. The first-order valence-electron chi connectivity index (χ1n) is 5.77. The third kappa shape index (κ3) is 2.10. The molecule has 0 aromatic carbocycles. The molecule has 16 heavy (non-hydrogen) atoms. The number of nitrogens with zero attached hydrogens (tertiary/aromatic N) is 1. The van der Waals surface area contributed by atoms with Gasteiger partial charge in [0.25, 0.3) is 0 Å². The van der Waals surface area contributed by atoms with E-state index in [1.54, 1.807) is 0 Å². The highest BCUT2D eigenvalue weighted by Gasteiger charge is 2.36. The van der Waals surface area contributed by atoms with Crippen LogP contribution in [-0.2, 0) is 14.3 Å². The molecule has 0 saturated carbocycles.